The SMILES string of the molecule is C=NO/C(=C\CNC(=O)Cc1ccc(O)cc1)C(C)(C)C. The first-order chi connectivity index (χ1) is 9.82. The van der Waals surface area contributed by atoms with Crippen molar-refractivity contribution in [3.05, 3.63) is 41.7 Å². The van der Waals surface area contributed by atoms with E-state index in [1.807, 2.05) is 20.8 Å². The molecule has 0 heterocycles. The molecule has 1 rings (SSSR count). The molecule has 21 heavy (non-hydrogen) atoms. The zero-order valence-corrected chi connectivity index (χ0v) is 12.7. The van der Waals surface area contributed by atoms with Gasteiger partial charge in [-0.25, -0.2) is 0 Å². The summed E-state index contributed by atoms with van der Waals surface area (Å²) in [5.74, 6) is 0.741. The Labute approximate surface area is 125 Å². The number of carbonyl (C=O) groups excluding carboxylic acids is 1. The molecule has 114 valence electrons. The number of carbonyl (C=O) groups is 1. The molecule has 2 N–H and O–H groups in total. The average Bonchev–Trinajstić information content (AvgIpc) is 2.39. The summed E-state index contributed by atoms with van der Waals surface area (Å²) >= 11 is 0. The van der Waals surface area contributed by atoms with Crippen molar-refractivity contribution in [3.8, 4) is 5.75 Å². The maximum atomic E-state index is 11.8. The third-order valence-corrected chi connectivity index (χ3v) is 2.79. The van der Waals surface area contributed by atoms with Crippen LogP contribution in [0.15, 0.2) is 41.3 Å². The van der Waals surface area contributed by atoms with Crippen LogP contribution < -0.4 is 5.32 Å². The van der Waals surface area contributed by atoms with Gasteiger partial charge in [0.1, 0.15) is 11.5 Å². The first-order valence-electron chi connectivity index (χ1n) is 6.71. The number of nitrogens with one attached hydrogen (secondary N) is 1. The van der Waals surface area contributed by atoms with Crippen LogP contribution in [-0.4, -0.2) is 24.3 Å². The molecule has 0 fully saturated rings. The van der Waals surface area contributed by atoms with Crippen molar-refractivity contribution < 1.29 is 14.7 Å². The summed E-state index contributed by atoms with van der Waals surface area (Å²) in [6.45, 7) is 9.62. The molecular formula is C16H22N2O3. The number of hydrogen-bond acceptors (Lipinski definition) is 4. The Hall–Kier alpha value is -2.30. The topological polar surface area (TPSA) is 70.9 Å². The van der Waals surface area contributed by atoms with Crippen LogP contribution in [0.25, 0.3) is 0 Å². The van der Waals surface area contributed by atoms with Gasteiger partial charge in [0.25, 0.3) is 0 Å². The first-order valence-corrected chi connectivity index (χ1v) is 6.71. The predicted molar refractivity (Wildman–Crippen MR) is 83.0 cm³/mol. The van der Waals surface area contributed by atoms with Gasteiger partial charge in [-0.1, -0.05) is 38.1 Å². The summed E-state index contributed by atoms with van der Waals surface area (Å²) in [7, 11) is 0. The Kier molecular flexibility index (Phi) is 5.96. The lowest BCUT2D eigenvalue weighted by molar-refractivity contribution is -0.120. The smallest absolute Gasteiger partial charge is 0.224 e. The number of nitrogens with zero attached hydrogens (tertiary/aromatic N) is 1. The Morgan fingerprint density at radius 1 is 1.38 bits per heavy atom. The van der Waals surface area contributed by atoms with Gasteiger partial charge < -0.3 is 15.3 Å². The second-order valence-corrected chi connectivity index (χ2v) is 5.69. The molecule has 5 nitrogen and oxygen atoms in total. The molecule has 0 saturated carbocycles. The fourth-order valence-corrected chi connectivity index (χ4v) is 1.67. The van der Waals surface area contributed by atoms with E-state index in [4.69, 9.17) is 4.84 Å². The highest BCUT2D eigenvalue weighted by molar-refractivity contribution is 5.78. The minimum Gasteiger partial charge on any atom is -0.508 e. The molecule has 0 atom stereocenters. The van der Waals surface area contributed by atoms with Crippen molar-refractivity contribution >= 4 is 12.6 Å². The highest BCUT2D eigenvalue weighted by atomic mass is 16.6. The molecule has 0 aliphatic rings. The number of hydrogen-bond donors (Lipinski definition) is 2. The van der Waals surface area contributed by atoms with E-state index in [0.717, 1.165) is 5.56 Å². The minimum absolute atomic E-state index is 0.100. The largest absolute Gasteiger partial charge is 0.508 e. The van der Waals surface area contributed by atoms with Gasteiger partial charge in [0.05, 0.1) is 6.42 Å². The Morgan fingerprint density at radius 3 is 2.52 bits per heavy atom. The van der Waals surface area contributed by atoms with E-state index >= 15 is 0 Å². The quantitative estimate of drug-likeness (QED) is 0.480. The lowest BCUT2D eigenvalue weighted by atomic mass is 9.93. The van der Waals surface area contributed by atoms with E-state index in [1.165, 1.54) is 0 Å². The second-order valence-electron chi connectivity index (χ2n) is 5.69. The van der Waals surface area contributed by atoms with E-state index in [9.17, 15) is 9.90 Å². The number of aromatic hydroxyl groups is 1. The molecule has 0 radical (unpaired) electrons. The molecule has 1 aromatic carbocycles. The summed E-state index contributed by atoms with van der Waals surface area (Å²) in [6, 6.07) is 6.56. The van der Waals surface area contributed by atoms with E-state index in [-0.39, 0.29) is 23.5 Å². The summed E-state index contributed by atoms with van der Waals surface area (Å²) < 4.78 is 0. The maximum Gasteiger partial charge on any atom is 0.224 e. The lowest BCUT2D eigenvalue weighted by Crippen LogP contribution is -2.26. The van der Waals surface area contributed by atoms with Crippen LogP contribution in [0, 0.1) is 5.41 Å². The molecule has 0 spiro atoms. The number of phenolic OH excluding ortho intramolecular Hbond substituents is 1. The van der Waals surface area contributed by atoms with Gasteiger partial charge in [0, 0.05) is 18.7 Å². The molecule has 5 heteroatoms. The van der Waals surface area contributed by atoms with Crippen molar-refractivity contribution in [3.63, 3.8) is 0 Å². The van der Waals surface area contributed by atoms with Crippen molar-refractivity contribution in [1.82, 2.24) is 5.32 Å². The molecule has 0 aromatic heterocycles. The zero-order valence-electron chi connectivity index (χ0n) is 12.7. The average molecular weight is 290 g/mol. The molecule has 0 saturated heterocycles. The van der Waals surface area contributed by atoms with Gasteiger partial charge in [-0.2, -0.15) is 0 Å². The van der Waals surface area contributed by atoms with E-state index in [2.05, 4.69) is 17.2 Å². The van der Waals surface area contributed by atoms with Crippen molar-refractivity contribution in [2.45, 2.75) is 27.2 Å². The van der Waals surface area contributed by atoms with Crippen LogP contribution >= 0.6 is 0 Å². The van der Waals surface area contributed by atoms with E-state index < -0.39 is 0 Å². The number of benzene rings is 1. The Morgan fingerprint density at radius 2 is 2.00 bits per heavy atom. The monoisotopic (exact) mass is 290 g/mol. The van der Waals surface area contributed by atoms with Crippen molar-refractivity contribution in [1.29, 1.82) is 0 Å². The third-order valence-electron chi connectivity index (χ3n) is 2.79. The Balaban J connectivity index is 2.52. The number of phenols is 1. The molecular weight excluding hydrogens is 268 g/mol. The summed E-state index contributed by atoms with van der Waals surface area (Å²) in [5.41, 5.74) is 0.636. The van der Waals surface area contributed by atoms with Gasteiger partial charge in [-0.3, -0.25) is 4.79 Å². The van der Waals surface area contributed by atoms with Gasteiger partial charge >= 0.3 is 0 Å². The molecule has 1 aromatic rings. The van der Waals surface area contributed by atoms with Crippen molar-refractivity contribution in [2.24, 2.45) is 10.6 Å². The van der Waals surface area contributed by atoms with E-state index in [1.54, 1.807) is 30.3 Å². The van der Waals surface area contributed by atoms with Gasteiger partial charge in [0.2, 0.25) is 5.91 Å². The highest BCUT2D eigenvalue weighted by Gasteiger charge is 2.19. The Bertz CT molecular complexity index is 513. The molecule has 0 unspecified atom stereocenters. The summed E-state index contributed by atoms with van der Waals surface area (Å²) in [5, 5.41) is 15.4. The van der Waals surface area contributed by atoms with Crippen LogP contribution in [0.3, 0.4) is 0 Å². The summed E-state index contributed by atoms with van der Waals surface area (Å²) in [4.78, 5) is 16.9. The summed E-state index contributed by atoms with van der Waals surface area (Å²) in [6.07, 6.45) is 2.04. The van der Waals surface area contributed by atoms with Crippen LogP contribution in [-0.2, 0) is 16.1 Å². The van der Waals surface area contributed by atoms with Gasteiger partial charge in [0.15, 0.2) is 0 Å². The van der Waals surface area contributed by atoms with Gasteiger partial charge in [-0.05, 0) is 23.8 Å². The normalized spacial score (nSPS) is 11.9. The highest BCUT2D eigenvalue weighted by Crippen LogP contribution is 2.25. The molecule has 0 bridgehead atoms. The standard InChI is InChI=1S/C16H22N2O3/c1-16(2,3)14(21-17-4)9-10-18-15(20)11-12-5-7-13(19)8-6-12/h5-9,19H,4,10-11H2,1-3H3,(H,18,20)/b14-9-. The number of rotatable bonds is 6. The minimum atomic E-state index is -0.205. The fraction of sp³-hybridized carbons (Fsp3) is 0.375. The number of allylic oxidation sites excluding steroid dienone is 1. The van der Waals surface area contributed by atoms with Crippen LogP contribution in [0.5, 0.6) is 5.75 Å². The first kappa shape index (κ1) is 16.8. The molecule has 0 aliphatic heterocycles. The van der Waals surface area contributed by atoms with Crippen LogP contribution in [0.2, 0.25) is 0 Å². The lowest BCUT2D eigenvalue weighted by Gasteiger charge is -2.19. The van der Waals surface area contributed by atoms with Gasteiger partial charge in [-0.15, -0.1) is 0 Å². The predicted octanol–water partition coefficient (Wildman–Crippen LogP) is 2.61. The maximum absolute atomic E-state index is 11.8. The van der Waals surface area contributed by atoms with Crippen molar-refractivity contribution in [2.75, 3.05) is 6.54 Å². The fourth-order valence-electron chi connectivity index (χ4n) is 1.67. The van der Waals surface area contributed by atoms with E-state index in [0.29, 0.717) is 12.3 Å². The van der Waals surface area contributed by atoms with Crippen LogP contribution in [0.1, 0.15) is 26.3 Å². The second kappa shape index (κ2) is 7.47. The van der Waals surface area contributed by atoms with Crippen LogP contribution in [0.4, 0.5) is 0 Å². The molecule has 0 aliphatic carbocycles. The third kappa shape index (κ3) is 6.12. The molecule has 1 amide bonds. The zero-order chi connectivity index (χ0) is 15.9. The number of oxime groups is 1. The number of amides is 1.